The highest BCUT2D eigenvalue weighted by molar-refractivity contribution is 8.17. The molecule has 2 aliphatic rings. The molecule has 188 valence electrons. The summed E-state index contributed by atoms with van der Waals surface area (Å²) in [5.74, 6) is 1.30. The van der Waals surface area contributed by atoms with Crippen LogP contribution in [-0.2, 0) is 22.6 Å². The number of ketones is 1. The average molecular weight is 512 g/mol. The van der Waals surface area contributed by atoms with Gasteiger partial charge in [-0.15, -0.1) is 0 Å². The second kappa shape index (κ2) is 11.5. The zero-order valence-corrected chi connectivity index (χ0v) is 21.4. The zero-order chi connectivity index (χ0) is 25.6. The second-order valence-corrected chi connectivity index (χ2v) is 11.5. The van der Waals surface area contributed by atoms with Crippen molar-refractivity contribution in [3.05, 3.63) is 101 Å². The summed E-state index contributed by atoms with van der Waals surface area (Å²) in [4.78, 5) is 37.8. The van der Waals surface area contributed by atoms with Gasteiger partial charge in [0.15, 0.2) is 5.78 Å². The first-order valence-corrected chi connectivity index (χ1v) is 14.2. The Balaban J connectivity index is 1.42. The quantitative estimate of drug-likeness (QED) is 0.309. The Kier molecular flexibility index (Phi) is 7.76. The van der Waals surface area contributed by atoms with Gasteiger partial charge >= 0.3 is 0 Å². The van der Waals surface area contributed by atoms with Gasteiger partial charge in [0.2, 0.25) is 11.8 Å². The zero-order valence-electron chi connectivity index (χ0n) is 20.6. The molecule has 0 bridgehead atoms. The fourth-order valence-electron chi connectivity index (χ4n) is 4.99. The Hall–Kier alpha value is -3.76. The maximum Gasteiger partial charge on any atom is 0.255 e. The van der Waals surface area contributed by atoms with Gasteiger partial charge in [0.05, 0.1) is 12.5 Å². The van der Waals surface area contributed by atoms with Crippen molar-refractivity contribution in [3.63, 3.8) is 0 Å². The lowest BCUT2D eigenvalue weighted by Crippen LogP contribution is -2.30. The number of hydrogen-bond acceptors (Lipinski definition) is 4. The van der Waals surface area contributed by atoms with Gasteiger partial charge in [-0.2, -0.15) is 15.5 Å². The number of ether oxygens (including phenoxy) is 1. The molecule has 7 heteroatoms. The number of aromatic nitrogens is 1. The predicted octanol–water partition coefficient (Wildman–Crippen LogP) is 5.16. The van der Waals surface area contributed by atoms with Gasteiger partial charge in [0.1, 0.15) is 12.4 Å². The molecule has 0 unspecified atom stereocenters. The van der Waals surface area contributed by atoms with E-state index in [0.717, 1.165) is 35.5 Å². The van der Waals surface area contributed by atoms with Gasteiger partial charge in [0.25, 0.3) is 4.99 Å². The van der Waals surface area contributed by atoms with Gasteiger partial charge < -0.3 is 9.53 Å². The third kappa shape index (κ3) is 5.65. The van der Waals surface area contributed by atoms with E-state index >= 15 is 0 Å². The largest absolute Gasteiger partial charge is 0.473 e. The minimum atomic E-state index is -0.569. The summed E-state index contributed by atoms with van der Waals surface area (Å²) in [6, 6.07) is 25.0. The van der Waals surface area contributed by atoms with Crippen molar-refractivity contribution in [2.24, 2.45) is 11.8 Å². The number of benzene rings is 2. The molecular formula is C30H29N3O3S. The van der Waals surface area contributed by atoms with E-state index in [0.29, 0.717) is 29.7 Å². The van der Waals surface area contributed by atoms with E-state index in [2.05, 4.69) is 9.83 Å². The number of carbonyl (C=O) groups excluding carboxylic acids is 2. The van der Waals surface area contributed by atoms with Crippen LogP contribution in [0, 0.1) is 18.4 Å². The highest BCUT2D eigenvalue weighted by Gasteiger charge is 2.46. The highest BCUT2D eigenvalue weighted by atomic mass is 32.2. The number of pyridine rings is 1. The van der Waals surface area contributed by atoms with Gasteiger partial charge in [0, 0.05) is 18.5 Å². The summed E-state index contributed by atoms with van der Waals surface area (Å²) in [7, 11) is -0.297. The molecule has 2 aromatic carbocycles. The Morgan fingerprint density at radius 1 is 0.973 bits per heavy atom. The van der Waals surface area contributed by atoms with Crippen LogP contribution in [0.4, 0.5) is 5.82 Å². The Morgan fingerprint density at radius 3 is 2.32 bits per heavy atom. The molecular weight excluding hydrogens is 482 g/mol. The van der Waals surface area contributed by atoms with Crippen molar-refractivity contribution >= 4 is 33.0 Å². The van der Waals surface area contributed by atoms with E-state index in [-0.39, 0.29) is 28.7 Å². The Morgan fingerprint density at radius 2 is 1.65 bits per heavy atom. The smallest absolute Gasteiger partial charge is 0.255 e. The molecule has 1 aromatic heterocycles. The van der Waals surface area contributed by atoms with Crippen molar-refractivity contribution in [3.8, 4) is 5.88 Å². The number of Topliss-reactive ketones (excluding diaryl/α,β-unsaturated/α-hetero) is 1. The standard InChI is InChI=1S/C30H29N3O3S/c1-31-29(37-17-8-9-18-37)28(34)25-20-33(30(35)24(25)19-22-11-4-2-5-12-22)26-15-10-16-27(32-26)36-21-23-13-6-3-7-14-23/h2-7,10-16,24-25H,8-9,17-21H2/t24-,25+/m1/s1. The van der Waals surface area contributed by atoms with Crippen LogP contribution in [0.25, 0.3) is 4.85 Å². The van der Waals surface area contributed by atoms with Crippen LogP contribution in [0.2, 0.25) is 0 Å². The molecule has 1 amide bonds. The average Bonchev–Trinajstić information content (AvgIpc) is 3.58. The first kappa shape index (κ1) is 24.9. The molecule has 37 heavy (non-hydrogen) atoms. The van der Waals surface area contributed by atoms with Crippen LogP contribution in [-0.4, -0.2) is 39.7 Å². The molecule has 3 heterocycles. The third-order valence-electron chi connectivity index (χ3n) is 6.92. The van der Waals surface area contributed by atoms with E-state index in [1.165, 1.54) is 0 Å². The highest BCUT2D eigenvalue weighted by Crippen LogP contribution is 2.35. The van der Waals surface area contributed by atoms with Crippen molar-refractivity contribution in [1.29, 1.82) is 0 Å². The van der Waals surface area contributed by atoms with Crippen LogP contribution < -0.4 is 9.64 Å². The van der Waals surface area contributed by atoms with Gasteiger partial charge in [-0.25, -0.2) is 4.85 Å². The summed E-state index contributed by atoms with van der Waals surface area (Å²) >= 11 is 0. The van der Waals surface area contributed by atoms with Crippen LogP contribution in [0.15, 0.2) is 78.9 Å². The topological polar surface area (TPSA) is 63.9 Å². The normalized spacial score (nSPS) is 19.5. The van der Waals surface area contributed by atoms with E-state index < -0.39 is 11.8 Å². The molecule has 2 atom stereocenters. The number of hydrogen-bond donors (Lipinski definition) is 0. The van der Waals surface area contributed by atoms with Crippen LogP contribution in [0.1, 0.15) is 24.0 Å². The number of amides is 1. The van der Waals surface area contributed by atoms with Crippen molar-refractivity contribution in [1.82, 2.24) is 4.98 Å². The van der Waals surface area contributed by atoms with Gasteiger partial charge in [-0.3, -0.25) is 9.69 Å². The summed E-state index contributed by atoms with van der Waals surface area (Å²) < 4.78 is 5.89. The lowest BCUT2D eigenvalue weighted by Gasteiger charge is -2.16. The molecule has 0 N–H and O–H groups in total. The predicted molar refractivity (Wildman–Crippen MR) is 148 cm³/mol. The molecule has 2 aliphatic heterocycles. The molecule has 2 fully saturated rings. The minimum Gasteiger partial charge on any atom is -0.473 e. The summed E-state index contributed by atoms with van der Waals surface area (Å²) in [6.45, 7) is 8.36. The molecule has 5 rings (SSSR count). The van der Waals surface area contributed by atoms with Crippen molar-refractivity contribution < 1.29 is 14.3 Å². The van der Waals surface area contributed by atoms with Crippen LogP contribution in [0.3, 0.4) is 0 Å². The van der Waals surface area contributed by atoms with Crippen molar-refractivity contribution in [2.45, 2.75) is 25.9 Å². The first-order chi connectivity index (χ1) is 18.1. The fourth-order valence-corrected chi connectivity index (χ4v) is 7.25. The first-order valence-electron chi connectivity index (χ1n) is 12.6. The molecule has 0 aliphatic carbocycles. The van der Waals surface area contributed by atoms with Gasteiger partial charge in [-0.1, -0.05) is 66.7 Å². The summed E-state index contributed by atoms with van der Waals surface area (Å²) in [5, 5.41) is 0. The SMILES string of the molecule is [C-]#[N+]C(C(=O)[C@H]1CN(c2cccc(OCc3ccccc3)n2)C(=O)[C@@H]1Cc1ccccc1)=S1CCCC1. The lowest BCUT2D eigenvalue weighted by molar-refractivity contribution is -0.124. The molecule has 0 saturated carbocycles. The minimum absolute atomic E-state index is 0.131. The molecule has 6 nitrogen and oxygen atoms in total. The van der Waals surface area contributed by atoms with Crippen LogP contribution >= 0.6 is 10.5 Å². The Labute approximate surface area is 220 Å². The molecule has 2 saturated heterocycles. The maximum absolute atomic E-state index is 13.8. The van der Waals surface area contributed by atoms with Crippen molar-refractivity contribution in [2.75, 3.05) is 23.0 Å². The van der Waals surface area contributed by atoms with E-state index in [4.69, 9.17) is 11.3 Å². The van der Waals surface area contributed by atoms with E-state index in [9.17, 15) is 9.59 Å². The fraction of sp³-hybridized carbons (Fsp3) is 0.300. The van der Waals surface area contributed by atoms with E-state index in [1.54, 1.807) is 17.0 Å². The third-order valence-corrected chi connectivity index (χ3v) is 9.32. The Bertz CT molecular complexity index is 1340. The number of anilines is 1. The van der Waals surface area contributed by atoms with Crippen LogP contribution in [0.5, 0.6) is 5.88 Å². The monoisotopic (exact) mass is 511 g/mol. The number of rotatable bonds is 8. The van der Waals surface area contributed by atoms with E-state index in [1.807, 2.05) is 66.7 Å². The summed E-state index contributed by atoms with van der Waals surface area (Å²) in [5.41, 5.74) is 2.02. The lowest BCUT2D eigenvalue weighted by atomic mass is 9.86. The molecule has 3 aromatic rings. The maximum atomic E-state index is 13.8. The number of carbonyl (C=O) groups is 2. The summed E-state index contributed by atoms with van der Waals surface area (Å²) in [6.07, 6.45) is 2.56. The number of nitrogens with zero attached hydrogens (tertiary/aromatic N) is 3. The second-order valence-electron chi connectivity index (χ2n) is 9.35. The molecule has 0 spiro atoms. The van der Waals surface area contributed by atoms with Gasteiger partial charge in [-0.05, 0) is 48.0 Å². The molecule has 0 radical (unpaired) electrons.